The van der Waals surface area contributed by atoms with E-state index < -0.39 is 0 Å². The van der Waals surface area contributed by atoms with Crippen LogP contribution < -0.4 is 14.2 Å². The highest BCUT2D eigenvalue weighted by Crippen LogP contribution is 2.36. The van der Waals surface area contributed by atoms with Crippen molar-refractivity contribution in [1.82, 2.24) is 19.7 Å². The quantitative estimate of drug-likeness (QED) is 0.433. The Balaban J connectivity index is 1.70. The summed E-state index contributed by atoms with van der Waals surface area (Å²) in [5.74, 6) is 2.28. The van der Waals surface area contributed by atoms with Crippen molar-refractivity contribution < 1.29 is 24.2 Å². The van der Waals surface area contributed by atoms with E-state index in [9.17, 15) is 10.0 Å². The van der Waals surface area contributed by atoms with E-state index in [0.717, 1.165) is 41.2 Å². The normalized spacial score (nSPS) is 14.1. The molecule has 0 radical (unpaired) electrons. The molecule has 2 heterocycles. The largest absolute Gasteiger partial charge is 0.497 e. The van der Waals surface area contributed by atoms with Crippen LogP contribution in [0, 0.1) is 0 Å². The number of benzene rings is 2. The van der Waals surface area contributed by atoms with Gasteiger partial charge in [-0.15, -0.1) is 0 Å². The lowest BCUT2D eigenvalue weighted by atomic mass is 9.93. The molecule has 1 aromatic heterocycles. The Labute approximate surface area is 199 Å². The van der Waals surface area contributed by atoms with Gasteiger partial charge in [0, 0.05) is 31.6 Å². The first-order valence-corrected chi connectivity index (χ1v) is 11.1. The minimum Gasteiger partial charge on any atom is -0.497 e. The molecular weight excluding hydrogens is 436 g/mol. The van der Waals surface area contributed by atoms with E-state index in [1.807, 2.05) is 47.1 Å². The summed E-state index contributed by atoms with van der Waals surface area (Å²) in [5, 5.41) is 15.1. The van der Waals surface area contributed by atoms with Crippen LogP contribution in [0.4, 0.5) is 4.79 Å². The molecule has 1 fully saturated rings. The van der Waals surface area contributed by atoms with Crippen molar-refractivity contribution in [2.24, 2.45) is 0 Å². The predicted octanol–water partition coefficient (Wildman–Crippen LogP) is 4.19. The molecule has 0 atom stereocenters. The van der Waals surface area contributed by atoms with Gasteiger partial charge in [-0.2, -0.15) is 5.10 Å². The van der Waals surface area contributed by atoms with Gasteiger partial charge in [-0.05, 0) is 61.4 Å². The number of hydrogen-bond donors (Lipinski definition) is 1. The number of methoxy groups -OCH3 is 3. The van der Waals surface area contributed by atoms with Crippen LogP contribution in [0.5, 0.6) is 17.2 Å². The van der Waals surface area contributed by atoms with Crippen LogP contribution in [0.15, 0.2) is 48.5 Å². The maximum absolute atomic E-state index is 12.1. The Morgan fingerprint density at radius 2 is 1.65 bits per heavy atom. The first kappa shape index (κ1) is 23.4. The number of hydroxylamine groups is 2. The Morgan fingerprint density at radius 3 is 2.24 bits per heavy atom. The van der Waals surface area contributed by atoms with Gasteiger partial charge in [0.25, 0.3) is 0 Å². The number of piperidine rings is 1. The molecule has 0 spiro atoms. The van der Waals surface area contributed by atoms with Gasteiger partial charge in [-0.3, -0.25) is 5.21 Å². The summed E-state index contributed by atoms with van der Waals surface area (Å²) in [6, 6.07) is 15.3. The Bertz CT molecular complexity index is 1130. The topological polar surface area (TPSA) is 89.3 Å². The lowest BCUT2D eigenvalue weighted by molar-refractivity contribution is -0.0356. The van der Waals surface area contributed by atoms with Crippen LogP contribution in [0.3, 0.4) is 0 Å². The van der Waals surface area contributed by atoms with Crippen LogP contribution in [-0.2, 0) is 0 Å². The smallest absolute Gasteiger partial charge is 0.343 e. The molecule has 2 amide bonds. The second-order valence-corrected chi connectivity index (χ2v) is 8.20. The van der Waals surface area contributed by atoms with E-state index in [-0.39, 0.29) is 11.9 Å². The van der Waals surface area contributed by atoms with Gasteiger partial charge in [0.1, 0.15) is 5.75 Å². The molecule has 180 valence electrons. The van der Waals surface area contributed by atoms with Crippen molar-refractivity contribution >= 4 is 6.03 Å². The lowest BCUT2D eigenvalue weighted by Crippen LogP contribution is -2.43. The van der Waals surface area contributed by atoms with E-state index in [0.29, 0.717) is 29.7 Å². The zero-order valence-electron chi connectivity index (χ0n) is 19.9. The number of aromatic nitrogens is 2. The maximum atomic E-state index is 12.1. The monoisotopic (exact) mass is 466 g/mol. The van der Waals surface area contributed by atoms with E-state index >= 15 is 0 Å². The molecule has 9 heteroatoms. The number of amides is 2. The number of hydrogen-bond acceptors (Lipinski definition) is 6. The number of urea groups is 1. The minimum atomic E-state index is -0.381. The summed E-state index contributed by atoms with van der Waals surface area (Å²) in [5.41, 5.74) is 3.74. The second-order valence-electron chi connectivity index (χ2n) is 8.20. The minimum absolute atomic E-state index is 0.200. The Kier molecular flexibility index (Phi) is 6.93. The van der Waals surface area contributed by atoms with Crippen LogP contribution >= 0.6 is 0 Å². The van der Waals surface area contributed by atoms with Gasteiger partial charge in [-0.1, -0.05) is 0 Å². The highest BCUT2D eigenvalue weighted by Gasteiger charge is 2.28. The van der Waals surface area contributed by atoms with E-state index in [1.54, 1.807) is 26.2 Å². The van der Waals surface area contributed by atoms with Gasteiger partial charge < -0.3 is 19.1 Å². The van der Waals surface area contributed by atoms with Crippen molar-refractivity contribution in [3.63, 3.8) is 0 Å². The highest BCUT2D eigenvalue weighted by molar-refractivity contribution is 5.73. The fraction of sp³-hybridized carbons (Fsp3) is 0.360. The Morgan fingerprint density at radius 1 is 0.971 bits per heavy atom. The van der Waals surface area contributed by atoms with Crippen molar-refractivity contribution in [1.29, 1.82) is 0 Å². The molecule has 4 rings (SSSR count). The van der Waals surface area contributed by atoms with Gasteiger partial charge in [0.05, 0.1) is 38.4 Å². The average Bonchev–Trinajstić information content (AvgIpc) is 3.33. The van der Waals surface area contributed by atoms with Crippen molar-refractivity contribution in [2.75, 3.05) is 41.5 Å². The number of carbonyl (C=O) groups is 1. The molecular formula is C25H30N4O5. The van der Waals surface area contributed by atoms with Crippen molar-refractivity contribution in [2.45, 2.75) is 18.8 Å². The molecule has 3 aromatic rings. The van der Waals surface area contributed by atoms with Crippen LogP contribution in [0.25, 0.3) is 16.9 Å². The molecule has 0 unspecified atom stereocenters. The zero-order chi connectivity index (χ0) is 24.2. The summed E-state index contributed by atoms with van der Waals surface area (Å²) < 4.78 is 18.2. The number of likely N-dealkylation sites (tertiary alicyclic amines) is 1. The highest BCUT2D eigenvalue weighted by atomic mass is 16.5. The first-order valence-electron chi connectivity index (χ1n) is 11.1. The van der Waals surface area contributed by atoms with Gasteiger partial charge >= 0.3 is 6.03 Å². The standard InChI is InChI=1S/C25H30N4O5/c1-27(31)25(30)28-13-11-17(12-14-28)21-16-22(18-5-10-23(33-3)24(15-18)34-4)29(26-21)19-6-8-20(32-2)9-7-19/h5-10,15-17,31H,11-14H2,1-4H3. The zero-order valence-corrected chi connectivity index (χ0v) is 19.9. The number of ether oxygens (including phenoxy) is 3. The summed E-state index contributed by atoms with van der Waals surface area (Å²) in [6.45, 7) is 1.13. The van der Waals surface area contributed by atoms with Crippen molar-refractivity contribution in [3.8, 4) is 34.2 Å². The summed E-state index contributed by atoms with van der Waals surface area (Å²) >= 11 is 0. The van der Waals surface area contributed by atoms with Crippen LogP contribution in [0.2, 0.25) is 0 Å². The van der Waals surface area contributed by atoms with Gasteiger partial charge in [0.2, 0.25) is 0 Å². The average molecular weight is 467 g/mol. The maximum Gasteiger partial charge on any atom is 0.343 e. The number of carbonyl (C=O) groups excluding carboxylic acids is 1. The Hall–Kier alpha value is -3.72. The predicted molar refractivity (Wildman–Crippen MR) is 127 cm³/mol. The molecule has 2 aromatic carbocycles. The SMILES string of the molecule is COc1ccc(-n2nc(C3CCN(C(=O)N(C)O)CC3)cc2-c2ccc(OC)c(OC)c2)cc1. The third-order valence-corrected chi connectivity index (χ3v) is 6.19. The fourth-order valence-corrected chi connectivity index (χ4v) is 4.29. The number of nitrogens with zero attached hydrogens (tertiary/aromatic N) is 4. The third-order valence-electron chi connectivity index (χ3n) is 6.19. The molecule has 9 nitrogen and oxygen atoms in total. The number of rotatable bonds is 6. The van der Waals surface area contributed by atoms with Gasteiger partial charge in [0.15, 0.2) is 11.5 Å². The molecule has 0 saturated carbocycles. The van der Waals surface area contributed by atoms with Gasteiger partial charge in [-0.25, -0.2) is 14.5 Å². The fourth-order valence-electron chi connectivity index (χ4n) is 4.29. The van der Waals surface area contributed by atoms with E-state index in [4.69, 9.17) is 19.3 Å². The summed E-state index contributed by atoms with van der Waals surface area (Å²) in [7, 11) is 6.22. The first-order chi connectivity index (χ1) is 16.4. The molecule has 1 saturated heterocycles. The molecule has 0 bridgehead atoms. The molecule has 1 aliphatic rings. The van der Waals surface area contributed by atoms with Crippen molar-refractivity contribution in [3.05, 3.63) is 54.2 Å². The van der Waals surface area contributed by atoms with E-state index in [1.165, 1.54) is 7.05 Å². The molecule has 0 aliphatic carbocycles. The summed E-state index contributed by atoms with van der Waals surface area (Å²) in [6.07, 6.45) is 1.54. The lowest BCUT2D eigenvalue weighted by Gasteiger charge is -2.32. The molecule has 1 aliphatic heterocycles. The molecule has 1 N–H and O–H groups in total. The summed E-state index contributed by atoms with van der Waals surface area (Å²) in [4.78, 5) is 13.7. The third kappa shape index (κ3) is 4.65. The van der Waals surface area contributed by atoms with Crippen LogP contribution in [0.1, 0.15) is 24.5 Å². The second kappa shape index (κ2) is 10.0. The van der Waals surface area contributed by atoms with E-state index in [2.05, 4.69) is 6.07 Å². The molecule has 34 heavy (non-hydrogen) atoms. The van der Waals surface area contributed by atoms with Crippen LogP contribution in [-0.4, -0.2) is 72.4 Å².